The molecule has 0 amide bonds. The summed E-state index contributed by atoms with van der Waals surface area (Å²) in [5, 5.41) is 7.30. The Kier molecular flexibility index (Phi) is 4.59. The first-order valence-electron chi connectivity index (χ1n) is 6.59. The van der Waals surface area contributed by atoms with Crippen molar-refractivity contribution in [1.82, 2.24) is 9.97 Å². The Morgan fingerprint density at radius 1 is 1.00 bits per heavy atom. The van der Waals surface area contributed by atoms with Crippen LogP contribution < -0.4 is 10.6 Å². The highest BCUT2D eigenvalue weighted by Gasteiger charge is 2.19. The lowest BCUT2D eigenvalue weighted by molar-refractivity contribution is 0.547. The van der Waals surface area contributed by atoms with E-state index in [0.29, 0.717) is 21.6 Å². The van der Waals surface area contributed by atoms with Crippen molar-refractivity contribution in [1.29, 1.82) is 0 Å². The summed E-state index contributed by atoms with van der Waals surface area (Å²) in [6.07, 6.45) is 0. The zero-order valence-electron chi connectivity index (χ0n) is 12.5. The summed E-state index contributed by atoms with van der Waals surface area (Å²) in [4.78, 5) is 9.03. The molecule has 0 saturated heterocycles. The molecule has 2 aromatic rings. The van der Waals surface area contributed by atoms with Crippen LogP contribution in [0.15, 0.2) is 24.3 Å². The third kappa shape index (κ3) is 3.77. The average Bonchev–Trinajstić information content (AvgIpc) is 2.42. The molecule has 0 fully saturated rings. The Bertz CT molecular complexity index is 630. The van der Waals surface area contributed by atoms with E-state index in [1.807, 2.05) is 13.1 Å². The van der Waals surface area contributed by atoms with E-state index in [4.69, 9.17) is 23.2 Å². The monoisotopic (exact) mass is 324 g/mol. The Morgan fingerprint density at radius 2 is 1.57 bits per heavy atom. The van der Waals surface area contributed by atoms with Crippen molar-refractivity contribution in [2.75, 3.05) is 17.7 Å². The van der Waals surface area contributed by atoms with E-state index >= 15 is 0 Å². The normalized spacial score (nSPS) is 11.3. The third-order valence-electron chi connectivity index (χ3n) is 2.87. The molecule has 0 spiro atoms. The highest BCUT2D eigenvalue weighted by molar-refractivity contribution is 6.39. The molecule has 6 heteroatoms. The summed E-state index contributed by atoms with van der Waals surface area (Å²) in [5.41, 5.74) is 0.481. The maximum Gasteiger partial charge on any atom is 0.138 e. The first-order chi connectivity index (χ1) is 9.81. The van der Waals surface area contributed by atoms with Crippen molar-refractivity contribution in [3.8, 4) is 0 Å². The molecule has 0 saturated carbocycles. The number of aromatic nitrogens is 2. The van der Waals surface area contributed by atoms with E-state index in [2.05, 4.69) is 41.4 Å². The first-order valence-corrected chi connectivity index (χ1v) is 7.35. The number of nitrogens with zero attached hydrogens (tertiary/aromatic N) is 2. The largest absolute Gasteiger partial charge is 0.373 e. The summed E-state index contributed by atoms with van der Waals surface area (Å²) in [6.45, 7) is 6.19. The van der Waals surface area contributed by atoms with Gasteiger partial charge in [-0.1, -0.05) is 50.0 Å². The van der Waals surface area contributed by atoms with Gasteiger partial charge in [-0.15, -0.1) is 0 Å². The van der Waals surface area contributed by atoms with E-state index in [9.17, 15) is 0 Å². The fourth-order valence-electron chi connectivity index (χ4n) is 1.72. The zero-order chi connectivity index (χ0) is 15.6. The number of anilines is 3. The van der Waals surface area contributed by atoms with Crippen LogP contribution in [0.1, 0.15) is 26.6 Å². The van der Waals surface area contributed by atoms with Crippen LogP contribution in [0.4, 0.5) is 17.3 Å². The molecule has 0 bridgehead atoms. The minimum atomic E-state index is -0.159. The second kappa shape index (κ2) is 6.08. The van der Waals surface area contributed by atoms with E-state index in [1.165, 1.54) is 0 Å². The van der Waals surface area contributed by atoms with Crippen molar-refractivity contribution in [2.24, 2.45) is 0 Å². The van der Waals surface area contributed by atoms with Gasteiger partial charge in [-0.3, -0.25) is 0 Å². The van der Waals surface area contributed by atoms with Crippen LogP contribution in [-0.4, -0.2) is 17.0 Å². The average molecular weight is 325 g/mol. The molecule has 0 aliphatic carbocycles. The second-order valence-electron chi connectivity index (χ2n) is 5.68. The Hall–Kier alpha value is -1.52. The quantitative estimate of drug-likeness (QED) is 0.845. The fraction of sp³-hybridized carbons (Fsp3) is 0.333. The molecule has 112 valence electrons. The highest BCUT2D eigenvalue weighted by atomic mass is 35.5. The lowest BCUT2D eigenvalue weighted by Gasteiger charge is -2.19. The van der Waals surface area contributed by atoms with E-state index in [0.717, 1.165) is 11.6 Å². The molecule has 0 radical (unpaired) electrons. The molecule has 0 unspecified atom stereocenters. The number of hydrogen-bond donors (Lipinski definition) is 2. The predicted octanol–water partition coefficient (Wildman–Crippen LogP) is 4.87. The third-order valence-corrected chi connectivity index (χ3v) is 3.50. The van der Waals surface area contributed by atoms with Gasteiger partial charge in [-0.2, -0.15) is 0 Å². The zero-order valence-corrected chi connectivity index (χ0v) is 14.0. The van der Waals surface area contributed by atoms with Crippen LogP contribution >= 0.6 is 23.2 Å². The Balaban J connectivity index is 2.45. The van der Waals surface area contributed by atoms with Gasteiger partial charge < -0.3 is 10.6 Å². The molecule has 2 N–H and O–H groups in total. The fourth-order valence-corrected chi connectivity index (χ4v) is 2.21. The second-order valence-corrected chi connectivity index (χ2v) is 6.50. The summed E-state index contributed by atoms with van der Waals surface area (Å²) >= 11 is 12.4. The van der Waals surface area contributed by atoms with Crippen molar-refractivity contribution >= 4 is 40.5 Å². The molecular formula is C15H18Cl2N4. The van der Waals surface area contributed by atoms with Gasteiger partial charge in [-0.05, 0) is 12.1 Å². The lowest BCUT2D eigenvalue weighted by atomic mass is 9.96. The number of hydrogen-bond acceptors (Lipinski definition) is 4. The van der Waals surface area contributed by atoms with Gasteiger partial charge in [0.05, 0.1) is 15.7 Å². The van der Waals surface area contributed by atoms with E-state index in [1.54, 1.807) is 18.2 Å². The van der Waals surface area contributed by atoms with E-state index in [-0.39, 0.29) is 5.41 Å². The number of rotatable bonds is 3. The standard InChI is InChI=1S/C15H18Cl2N4/c1-15(2,3)14-20-11(18-4)8-12(21-14)19-13-9(16)6-5-7-10(13)17/h5-8H,1-4H3,(H2,18,19,20,21). The molecule has 1 heterocycles. The Labute approximate surface area is 134 Å². The van der Waals surface area contributed by atoms with Crippen LogP contribution in [0.3, 0.4) is 0 Å². The van der Waals surface area contributed by atoms with Gasteiger partial charge in [0.2, 0.25) is 0 Å². The van der Waals surface area contributed by atoms with Gasteiger partial charge in [-0.25, -0.2) is 9.97 Å². The smallest absolute Gasteiger partial charge is 0.138 e. The molecular weight excluding hydrogens is 307 g/mol. The van der Waals surface area contributed by atoms with Crippen LogP contribution in [0.25, 0.3) is 0 Å². The maximum atomic E-state index is 6.18. The molecule has 1 aromatic heterocycles. The van der Waals surface area contributed by atoms with Crippen molar-refractivity contribution in [2.45, 2.75) is 26.2 Å². The number of benzene rings is 1. The predicted molar refractivity (Wildman–Crippen MR) is 90.0 cm³/mol. The van der Waals surface area contributed by atoms with E-state index < -0.39 is 0 Å². The molecule has 21 heavy (non-hydrogen) atoms. The maximum absolute atomic E-state index is 6.18. The number of halogens is 2. The molecule has 4 nitrogen and oxygen atoms in total. The molecule has 0 atom stereocenters. The minimum absolute atomic E-state index is 0.159. The summed E-state index contributed by atoms with van der Waals surface area (Å²) in [6, 6.07) is 7.17. The van der Waals surface area contributed by atoms with Crippen molar-refractivity contribution in [3.05, 3.63) is 40.1 Å². The van der Waals surface area contributed by atoms with Crippen LogP contribution in [-0.2, 0) is 5.41 Å². The minimum Gasteiger partial charge on any atom is -0.373 e. The van der Waals surface area contributed by atoms with Gasteiger partial charge in [0.25, 0.3) is 0 Å². The molecule has 0 aliphatic rings. The van der Waals surface area contributed by atoms with Gasteiger partial charge in [0.15, 0.2) is 0 Å². The molecule has 2 rings (SSSR count). The first kappa shape index (κ1) is 15.9. The topological polar surface area (TPSA) is 49.8 Å². The summed E-state index contributed by atoms with van der Waals surface area (Å²) in [7, 11) is 1.82. The van der Waals surface area contributed by atoms with Gasteiger partial charge >= 0.3 is 0 Å². The van der Waals surface area contributed by atoms with Crippen LogP contribution in [0.5, 0.6) is 0 Å². The van der Waals surface area contributed by atoms with Gasteiger partial charge in [0, 0.05) is 18.5 Å². The van der Waals surface area contributed by atoms with Crippen molar-refractivity contribution < 1.29 is 0 Å². The van der Waals surface area contributed by atoms with Crippen molar-refractivity contribution in [3.63, 3.8) is 0 Å². The molecule has 1 aromatic carbocycles. The summed E-state index contributed by atoms with van der Waals surface area (Å²) in [5.74, 6) is 2.12. The highest BCUT2D eigenvalue weighted by Crippen LogP contribution is 2.33. The summed E-state index contributed by atoms with van der Waals surface area (Å²) < 4.78 is 0. The molecule has 0 aliphatic heterocycles. The van der Waals surface area contributed by atoms with Crippen LogP contribution in [0.2, 0.25) is 10.0 Å². The number of para-hydroxylation sites is 1. The van der Waals surface area contributed by atoms with Gasteiger partial charge in [0.1, 0.15) is 17.5 Å². The van der Waals surface area contributed by atoms with Crippen LogP contribution in [0, 0.1) is 0 Å². The Morgan fingerprint density at radius 3 is 2.10 bits per heavy atom. The SMILES string of the molecule is CNc1cc(Nc2c(Cl)cccc2Cl)nc(C(C)(C)C)n1. The lowest BCUT2D eigenvalue weighted by Crippen LogP contribution is -2.17. The number of nitrogens with one attached hydrogen (secondary N) is 2.